The van der Waals surface area contributed by atoms with Crippen molar-refractivity contribution in [1.29, 1.82) is 0 Å². The minimum Gasteiger partial charge on any atom is -0.545 e. The number of anilines is 1. The van der Waals surface area contributed by atoms with Crippen LogP contribution in [0.2, 0.25) is 5.02 Å². The Balaban J connectivity index is 1.87. The molecule has 2 amide bonds. The summed E-state index contributed by atoms with van der Waals surface area (Å²) in [5.41, 5.74) is 1.24. The van der Waals surface area contributed by atoms with Gasteiger partial charge in [-0.05, 0) is 36.8 Å². The number of carboxylic acid groups (broad SMARTS) is 1. The van der Waals surface area contributed by atoms with Gasteiger partial charge in [0.15, 0.2) is 0 Å². The highest BCUT2D eigenvalue weighted by Gasteiger charge is 2.40. The van der Waals surface area contributed by atoms with E-state index in [1.54, 1.807) is 43.3 Å². The number of rotatable bonds is 4. The third-order valence-corrected chi connectivity index (χ3v) is 5.57. The van der Waals surface area contributed by atoms with E-state index in [4.69, 9.17) is 11.6 Å². The Morgan fingerprint density at radius 2 is 1.96 bits per heavy atom. The maximum atomic E-state index is 12.7. The highest BCUT2D eigenvalue weighted by molar-refractivity contribution is 8.00. The lowest BCUT2D eigenvalue weighted by molar-refractivity contribution is -0.255. The van der Waals surface area contributed by atoms with Gasteiger partial charge in [0.25, 0.3) is 0 Å². The standard InChI is InChI=1S/C18H14ClNO4S/c1-10-8-11(6-7-13(10)19)20-16(21)9-15(17(20)22)25-14-5-3-2-4-12(14)18(23)24/h2-8,15H,9H2,1H3,(H,23,24)/p-1/t15-/m0/s1. The van der Waals surface area contributed by atoms with Crippen LogP contribution in [0.1, 0.15) is 22.3 Å². The van der Waals surface area contributed by atoms with Crippen molar-refractivity contribution in [3.8, 4) is 0 Å². The lowest BCUT2D eigenvalue weighted by atomic mass is 10.2. The summed E-state index contributed by atoms with van der Waals surface area (Å²) in [4.78, 5) is 37.7. The average Bonchev–Trinajstić information content (AvgIpc) is 2.84. The van der Waals surface area contributed by atoms with Crippen LogP contribution in [0.5, 0.6) is 0 Å². The molecule has 128 valence electrons. The van der Waals surface area contributed by atoms with E-state index in [2.05, 4.69) is 0 Å². The summed E-state index contributed by atoms with van der Waals surface area (Å²) < 4.78 is 0. The molecule has 5 nitrogen and oxygen atoms in total. The van der Waals surface area contributed by atoms with E-state index in [1.165, 1.54) is 6.07 Å². The average molecular weight is 375 g/mol. The molecule has 2 aromatic carbocycles. The molecule has 0 aliphatic carbocycles. The molecule has 2 aromatic rings. The topological polar surface area (TPSA) is 77.5 Å². The van der Waals surface area contributed by atoms with Crippen LogP contribution in [0.4, 0.5) is 5.69 Å². The maximum absolute atomic E-state index is 12.7. The van der Waals surface area contributed by atoms with Gasteiger partial charge in [0.1, 0.15) is 0 Å². The number of nitrogens with zero attached hydrogens (tertiary/aromatic N) is 1. The van der Waals surface area contributed by atoms with Crippen molar-refractivity contribution >= 4 is 46.8 Å². The predicted octanol–water partition coefficient (Wildman–Crippen LogP) is 2.44. The van der Waals surface area contributed by atoms with Gasteiger partial charge in [0, 0.05) is 21.9 Å². The highest BCUT2D eigenvalue weighted by Crippen LogP contribution is 2.36. The first-order valence-corrected chi connectivity index (χ1v) is 8.74. The number of hydrogen-bond donors (Lipinski definition) is 0. The van der Waals surface area contributed by atoms with Gasteiger partial charge in [-0.1, -0.05) is 29.8 Å². The van der Waals surface area contributed by atoms with Gasteiger partial charge in [-0.3, -0.25) is 9.59 Å². The zero-order valence-electron chi connectivity index (χ0n) is 13.2. The molecule has 7 heteroatoms. The smallest absolute Gasteiger partial charge is 0.247 e. The van der Waals surface area contributed by atoms with E-state index in [-0.39, 0.29) is 23.8 Å². The van der Waals surface area contributed by atoms with E-state index in [9.17, 15) is 19.5 Å². The molecule has 0 saturated carbocycles. The van der Waals surface area contributed by atoms with Gasteiger partial charge in [-0.15, -0.1) is 11.8 Å². The quantitative estimate of drug-likeness (QED) is 0.768. The van der Waals surface area contributed by atoms with Crippen molar-refractivity contribution in [3.63, 3.8) is 0 Å². The van der Waals surface area contributed by atoms with Gasteiger partial charge in [-0.2, -0.15) is 0 Å². The Hall–Kier alpha value is -2.31. The zero-order chi connectivity index (χ0) is 18.1. The van der Waals surface area contributed by atoms with Crippen LogP contribution in [0, 0.1) is 6.92 Å². The molecule has 1 saturated heterocycles. The summed E-state index contributed by atoms with van der Waals surface area (Å²) in [6.07, 6.45) is 0.00650. The summed E-state index contributed by atoms with van der Waals surface area (Å²) in [7, 11) is 0. The Morgan fingerprint density at radius 3 is 2.64 bits per heavy atom. The zero-order valence-corrected chi connectivity index (χ0v) is 14.8. The number of amides is 2. The molecule has 0 radical (unpaired) electrons. The number of benzene rings is 2. The molecule has 1 atom stereocenters. The predicted molar refractivity (Wildman–Crippen MR) is 93.7 cm³/mol. The van der Waals surface area contributed by atoms with Crippen LogP contribution in [0.15, 0.2) is 47.4 Å². The maximum Gasteiger partial charge on any atom is 0.247 e. The normalized spacial score (nSPS) is 17.2. The number of halogens is 1. The van der Waals surface area contributed by atoms with Crippen molar-refractivity contribution in [3.05, 3.63) is 58.6 Å². The molecular weight excluding hydrogens is 362 g/mol. The minimum atomic E-state index is -1.31. The minimum absolute atomic E-state index is 0.00650. The second-order valence-corrected chi connectivity index (χ2v) is 7.25. The molecule has 1 fully saturated rings. The van der Waals surface area contributed by atoms with E-state index in [0.717, 1.165) is 22.2 Å². The molecule has 3 rings (SSSR count). The Morgan fingerprint density at radius 1 is 1.24 bits per heavy atom. The SMILES string of the molecule is Cc1cc(N2C(=O)C[C@H](Sc3ccccc3C(=O)[O-])C2=O)ccc1Cl. The van der Waals surface area contributed by atoms with Crippen molar-refractivity contribution in [2.24, 2.45) is 0 Å². The molecule has 1 aliphatic rings. The summed E-state index contributed by atoms with van der Waals surface area (Å²) >= 11 is 7.05. The van der Waals surface area contributed by atoms with Crippen LogP contribution >= 0.6 is 23.4 Å². The van der Waals surface area contributed by atoms with Crippen LogP contribution in [0.3, 0.4) is 0 Å². The van der Waals surface area contributed by atoms with E-state index >= 15 is 0 Å². The largest absolute Gasteiger partial charge is 0.545 e. The Kier molecular flexibility index (Phi) is 4.83. The molecule has 0 N–H and O–H groups in total. The monoisotopic (exact) mass is 374 g/mol. The second kappa shape index (κ2) is 6.90. The Labute approximate surface area is 153 Å². The molecule has 1 heterocycles. The van der Waals surface area contributed by atoms with E-state index in [1.807, 2.05) is 0 Å². The third-order valence-electron chi connectivity index (χ3n) is 3.88. The van der Waals surface area contributed by atoms with Gasteiger partial charge in [-0.25, -0.2) is 4.90 Å². The van der Waals surface area contributed by atoms with E-state index in [0.29, 0.717) is 15.6 Å². The van der Waals surface area contributed by atoms with Gasteiger partial charge >= 0.3 is 0 Å². The van der Waals surface area contributed by atoms with Crippen LogP contribution < -0.4 is 10.0 Å². The number of carbonyl (C=O) groups excluding carboxylic acids is 3. The van der Waals surface area contributed by atoms with Crippen LogP contribution in [0.25, 0.3) is 0 Å². The van der Waals surface area contributed by atoms with Gasteiger partial charge in [0.2, 0.25) is 11.8 Å². The van der Waals surface area contributed by atoms with Crippen LogP contribution in [-0.2, 0) is 9.59 Å². The number of carboxylic acids is 1. The first-order chi connectivity index (χ1) is 11.9. The molecule has 0 bridgehead atoms. The lowest BCUT2D eigenvalue weighted by Gasteiger charge is -2.16. The number of hydrogen-bond acceptors (Lipinski definition) is 5. The lowest BCUT2D eigenvalue weighted by Crippen LogP contribution is -2.31. The fourth-order valence-electron chi connectivity index (χ4n) is 2.63. The first kappa shape index (κ1) is 17.5. The molecule has 0 aromatic heterocycles. The molecule has 1 aliphatic heterocycles. The molecule has 0 spiro atoms. The summed E-state index contributed by atoms with van der Waals surface area (Å²) in [6.45, 7) is 1.79. The number of imide groups is 1. The molecule has 25 heavy (non-hydrogen) atoms. The summed E-state index contributed by atoms with van der Waals surface area (Å²) in [5.74, 6) is -2.01. The number of thioether (sulfide) groups is 1. The van der Waals surface area contributed by atoms with Crippen molar-refractivity contribution in [1.82, 2.24) is 0 Å². The second-order valence-electron chi connectivity index (χ2n) is 5.60. The fraction of sp³-hybridized carbons (Fsp3) is 0.167. The molecular formula is C18H13ClNO4S-. The number of carbonyl (C=O) groups is 3. The van der Waals surface area contributed by atoms with Crippen molar-refractivity contribution < 1.29 is 19.5 Å². The first-order valence-electron chi connectivity index (χ1n) is 7.48. The van der Waals surface area contributed by atoms with Crippen molar-refractivity contribution in [2.45, 2.75) is 23.5 Å². The van der Waals surface area contributed by atoms with Gasteiger partial charge < -0.3 is 9.90 Å². The summed E-state index contributed by atoms with van der Waals surface area (Å²) in [6, 6.07) is 11.2. The third kappa shape index (κ3) is 3.41. The molecule has 0 unspecified atom stereocenters. The van der Waals surface area contributed by atoms with Crippen LogP contribution in [-0.4, -0.2) is 23.0 Å². The highest BCUT2D eigenvalue weighted by atomic mass is 35.5. The Bertz CT molecular complexity index is 883. The fourth-order valence-corrected chi connectivity index (χ4v) is 3.92. The summed E-state index contributed by atoms with van der Waals surface area (Å²) in [5, 5.41) is 11.1. The van der Waals surface area contributed by atoms with Crippen molar-refractivity contribution in [2.75, 3.05) is 4.90 Å². The number of aromatic carboxylic acids is 1. The number of aryl methyl sites for hydroxylation is 1. The van der Waals surface area contributed by atoms with E-state index < -0.39 is 11.2 Å². The van der Waals surface area contributed by atoms with Gasteiger partial charge in [0.05, 0.1) is 16.9 Å².